The quantitative estimate of drug-likeness (QED) is 0.592. The zero-order chi connectivity index (χ0) is 22.8. The van der Waals surface area contributed by atoms with Gasteiger partial charge >= 0.3 is 12.4 Å². The zero-order valence-electron chi connectivity index (χ0n) is 15.4. The Morgan fingerprint density at radius 3 is 2.23 bits per heavy atom. The van der Waals surface area contributed by atoms with E-state index in [0.29, 0.717) is 12.1 Å². The maximum absolute atomic E-state index is 13.5. The molecular formula is C20H13F6N3O2. The summed E-state index contributed by atoms with van der Waals surface area (Å²) in [5, 5.41) is 2.33. The Kier molecular flexibility index (Phi) is 5.87. The molecule has 162 valence electrons. The lowest BCUT2D eigenvalue weighted by Gasteiger charge is -2.23. The molecule has 0 saturated carbocycles. The Morgan fingerprint density at radius 2 is 1.65 bits per heavy atom. The number of H-pyrrole nitrogens is 1. The number of nitrogens with zero attached hydrogens (tertiary/aromatic N) is 1. The van der Waals surface area contributed by atoms with Crippen LogP contribution in [0.1, 0.15) is 38.8 Å². The van der Waals surface area contributed by atoms with Gasteiger partial charge in [0, 0.05) is 24.0 Å². The summed E-state index contributed by atoms with van der Waals surface area (Å²) in [6, 6.07) is 5.72. The lowest BCUT2D eigenvalue weighted by Crippen LogP contribution is -2.32. The standard InChI is InChI=1S/C20H13F6N3O2/c21-19(22,23)13-5-3-11(4-6-13)16(17-14(20(24,25)26)2-1-8-28-17)29-18(31)12-7-9-27-15(30)10-12/h1-10,16H,(H,27,30)(H,29,31). The number of carbonyl (C=O) groups excluding carboxylic acids is 1. The number of rotatable bonds is 4. The molecule has 5 nitrogen and oxygen atoms in total. The van der Waals surface area contributed by atoms with Crippen molar-refractivity contribution in [1.29, 1.82) is 0 Å². The molecule has 2 aromatic heterocycles. The fourth-order valence-corrected chi connectivity index (χ4v) is 2.86. The van der Waals surface area contributed by atoms with Gasteiger partial charge in [0.2, 0.25) is 5.56 Å². The average molecular weight is 441 g/mol. The van der Waals surface area contributed by atoms with E-state index in [9.17, 15) is 35.9 Å². The highest BCUT2D eigenvalue weighted by Crippen LogP contribution is 2.36. The highest BCUT2D eigenvalue weighted by atomic mass is 19.4. The molecule has 0 fully saturated rings. The molecule has 3 rings (SSSR count). The molecule has 0 spiro atoms. The van der Waals surface area contributed by atoms with Crippen molar-refractivity contribution in [3.63, 3.8) is 0 Å². The number of hydrogen-bond donors (Lipinski definition) is 2. The van der Waals surface area contributed by atoms with Crippen LogP contribution in [0.4, 0.5) is 26.3 Å². The van der Waals surface area contributed by atoms with Crippen molar-refractivity contribution < 1.29 is 31.1 Å². The van der Waals surface area contributed by atoms with Gasteiger partial charge in [-0.2, -0.15) is 26.3 Å². The molecule has 1 aromatic carbocycles. The SMILES string of the molecule is O=C(NC(c1ccc(C(F)(F)F)cc1)c1ncccc1C(F)(F)F)c1cc[nH]c(=O)c1. The third-order valence-electron chi connectivity index (χ3n) is 4.30. The average Bonchev–Trinajstić information content (AvgIpc) is 2.71. The Labute approximate surface area is 170 Å². The first kappa shape index (κ1) is 22.1. The molecule has 2 heterocycles. The topological polar surface area (TPSA) is 74.8 Å². The fraction of sp³-hybridized carbons (Fsp3) is 0.150. The second kappa shape index (κ2) is 8.25. The van der Waals surface area contributed by atoms with Gasteiger partial charge in [0.05, 0.1) is 22.9 Å². The van der Waals surface area contributed by atoms with Gasteiger partial charge in [0.15, 0.2) is 0 Å². The summed E-state index contributed by atoms with van der Waals surface area (Å²) < 4.78 is 79.1. The summed E-state index contributed by atoms with van der Waals surface area (Å²) in [5.41, 5.74) is -3.60. The van der Waals surface area contributed by atoms with Crippen molar-refractivity contribution in [1.82, 2.24) is 15.3 Å². The minimum Gasteiger partial charge on any atom is -0.340 e. The predicted octanol–water partition coefficient (Wildman–Crippen LogP) is 4.33. The van der Waals surface area contributed by atoms with Crippen molar-refractivity contribution in [3.8, 4) is 0 Å². The molecule has 1 unspecified atom stereocenters. The van der Waals surface area contributed by atoms with E-state index in [1.807, 2.05) is 0 Å². The lowest BCUT2D eigenvalue weighted by molar-refractivity contribution is -0.139. The van der Waals surface area contributed by atoms with Crippen LogP contribution in [-0.2, 0) is 12.4 Å². The molecule has 0 aliphatic heterocycles. The maximum Gasteiger partial charge on any atom is 0.418 e. The molecule has 0 radical (unpaired) electrons. The van der Waals surface area contributed by atoms with Crippen molar-refractivity contribution in [3.05, 3.63) is 99.2 Å². The minimum atomic E-state index is -4.83. The number of alkyl halides is 6. The number of pyridine rings is 2. The van der Waals surface area contributed by atoms with Gasteiger partial charge in [0.25, 0.3) is 5.91 Å². The normalized spacial score (nSPS) is 13.0. The van der Waals surface area contributed by atoms with Crippen LogP contribution in [-0.4, -0.2) is 15.9 Å². The first-order chi connectivity index (χ1) is 14.5. The predicted molar refractivity (Wildman–Crippen MR) is 97.1 cm³/mol. The lowest BCUT2D eigenvalue weighted by atomic mass is 9.97. The smallest absolute Gasteiger partial charge is 0.340 e. The number of amides is 1. The molecule has 31 heavy (non-hydrogen) atoms. The first-order valence-electron chi connectivity index (χ1n) is 8.65. The van der Waals surface area contributed by atoms with Crippen LogP contribution in [0.2, 0.25) is 0 Å². The van der Waals surface area contributed by atoms with Crippen LogP contribution in [0.3, 0.4) is 0 Å². The van der Waals surface area contributed by atoms with Gasteiger partial charge in [-0.1, -0.05) is 12.1 Å². The van der Waals surface area contributed by atoms with Crippen molar-refractivity contribution >= 4 is 5.91 Å². The first-order valence-corrected chi connectivity index (χ1v) is 8.65. The molecule has 0 aliphatic rings. The van der Waals surface area contributed by atoms with Crippen LogP contribution in [0.25, 0.3) is 0 Å². The second-order valence-corrected chi connectivity index (χ2v) is 6.40. The Balaban J connectivity index is 2.09. The summed E-state index contributed by atoms with van der Waals surface area (Å²) in [6.07, 6.45) is -7.24. The van der Waals surface area contributed by atoms with Crippen LogP contribution in [0.5, 0.6) is 0 Å². The van der Waals surface area contributed by atoms with E-state index >= 15 is 0 Å². The third kappa shape index (κ3) is 5.11. The maximum atomic E-state index is 13.5. The number of hydrogen-bond acceptors (Lipinski definition) is 3. The van der Waals surface area contributed by atoms with Gasteiger partial charge < -0.3 is 10.3 Å². The number of carbonyl (C=O) groups is 1. The van der Waals surface area contributed by atoms with Gasteiger partial charge in [-0.15, -0.1) is 0 Å². The van der Waals surface area contributed by atoms with Crippen LogP contribution >= 0.6 is 0 Å². The van der Waals surface area contributed by atoms with Crippen LogP contribution in [0, 0.1) is 0 Å². The highest BCUT2D eigenvalue weighted by molar-refractivity contribution is 5.94. The van der Waals surface area contributed by atoms with Gasteiger partial charge in [0.1, 0.15) is 0 Å². The highest BCUT2D eigenvalue weighted by Gasteiger charge is 2.37. The Bertz CT molecular complexity index is 1140. The molecular weight excluding hydrogens is 428 g/mol. The zero-order valence-corrected chi connectivity index (χ0v) is 15.4. The summed E-state index contributed by atoms with van der Waals surface area (Å²) in [6.45, 7) is 0. The largest absolute Gasteiger partial charge is 0.418 e. The molecule has 1 amide bonds. The van der Waals surface area contributed by atoms with E-state index < -0.39 is 46.7 Å². The third-order valence-corrected chi connectivity index (χ3v) is 4.30. The fourth-order valence-electron chi connectivity index (χ4n) is 2.86. The number of aromatic nitrogens is 2. The molecule has 0 saturated heterocycles. The summed E-state index contributed by atoms with van der Waals surface area (Å²) in [7, 11) is 0. The minimum absolute atomic E-state index is 0.0598. The van der Waals surface area contributed by atoms with E-state index in [4.69, 9.17) is 0 Å². The van der Waals surface area contributed by atoms with Gasteiger partial charge in [-0.05, 0) is 35.9 Å². The molecule has 1 atom stereocenters. The molecule has 11 heteroatoms. The molecule has 2 N–H and O–H groups in total. The summed E-state index contributed by atoms with van der Waals surface area (Å²) in [5.74, 6) is -0.908. The number of halogens is 6. The summed E-state index contributed by atoms with van der Waals surface area (Å²) >= 11 is 0. The van der Waals surface area contributed by atoms with Crippen molar-refractivity contribution in [2.75, 3.05) is 0 Å². The van der Waals surface area contributed by atoms with E-state index in [-0.39, 0.29) is 11.1 Å². The monoisotopic (exact) mass is 441 g/mol. The number of aromatic amines is 1. The Hall–Kier alpha value is -3.63. The molecule has 3 aromatic rings. The second-order valence-electron chi connectivity index (χ2n) is 6.40. The Morgan fingerprint density at radius 1 is 0.968 bits per heavy atom. The number of benzene rings is 1. The molecule has 0 bridgehead atoms. The van der Waals surface area contributed by atoms with E-state index in [1.165, 1.54) is 12.3 Å². The van der Waals surface area contributed by atoms with Gasteiger partial charge in [-0.3, -0.25) is 14.6 Å². The van der Waals surface area contributed by atoms with Crippen molar-refractivity contribution in [2.24, 2.45) is 0 Å². The van der Waals surface area contributed by atoms with E-state index in [2.05, 4.69) is 15.3 Å². The molecule has 0 aliphatic carbocycles. The number of nitrogens with one attached hydrogen (secondary N) is 2. The summed E-state index contributed by atoms with van der Waals surface area (Å²) in [4.78, 5) is 30.0. The van der Waals surface area contributed by atoms with Crippen LogP contribution in [0.15, 0.2) is 65.7 Å². The van der Waals surface area contributed by atoms with E-state index in [1.54, 1.807) is 0 Å². The van der Waals surface area contributed by atoms with Crippen molar-refractivity contribution in [2.45, 2.75) is 18.4 Å². The van der Waals surface area contributed by atoms with Gasteiger partial charge in [-0.25, -0.2) is 0 Å². The van der Waals surface area contributed by atoms with E-state index in [0.717, 1.165) is 36.5 Å². The van der Waals surface area contributed by atoms with Crippen LogP contribution < -0.4 is 10.9 Å².